The number of anilines is 2. The van der Waals surface area contributed by atoms with E-state index in [0.717, 1.165) is 67.1 Å². The molecule has 5 heterocycles. The summed E-state index contributed by atoms with van der Waals surface area (Å²) in [6.07, 6.45) is 8.38. The molecule has 0 saturated carbocycles. The molecule has 4 aliphatic heterocycles. The molecule has 3 aromatic rings. The Balaban J connectivity index is 1.21. The number of nitrogens with zero attached hydrogens (tertiary/aromatic N) is 6. The van der Waals surface area contributed by atoms with Crippen molar-refractivity contribution in [2.45, 2.75) is 76.9 Å². The number of imidazole rings is 1. The van der Waals surface area contributed by atoms with Gasteiger partial charge in [-0.3, -0.25) is 9.59 Å². The van der Waals surface area contributed by atoms with Crippen LogP contribution in [0, 0.1) is 5.92 Å². The molecule has 45 heavy (non-hydrogen) atoms. The third-order valence-electron chi connectivity index (χ3n) is 10.9. The van der Waals surface area contributed by atoms with Crippen molar-refractivity contribution in [3.8, 4) is 11.4 Å². The third kappa shape index (κ3) is 5.74. The summed E-state index contributed by atoms with van der Waals surface area (Å²) in [6, 6.07) is 12.8. The summed E-state index contributed by atoms with van der Waals surface area (Å²) in [5, 5.41) is 3.23. The van der Waals surface area contributed by atoms with Gasteiger partial charge in [-0.15, -0.1) is 0 Å². The quantitative estimate of drug-likeness (QED) is 0.412. The van der Waals surface area contributed by atoms with Crippen molar-refractivity contribution in [3.63, 3.8) is 0 Å². The number of carbonyl (C=O) groups is 2. The zero-order valence-electron chi connectivity index (χ0n) is 27.5. The first kappa shape index (κ1) is 30.2. The zero-order chi connectivity index (χ0) is 31.2. The van der Waals surface area contributed by atoms with Gasteiger partial charge in [0.15, 0.2) is 0 Å². The molecule has 0 spiro atoms. The van der Waals surface area contributed by atoms with E-state index >= 15 is 0 Å². The van der Waals surface area contributed by atoms with Crippen molar-refractivity contribution < 1.29 is 9.59 Å². The Labute approximate surface area is 267 Å². The Kier molecular flexibility index (Phi) is 8.33. The number of benzene rings is 2. The van der Waals surface area contributed by atoms with E-state index in [9.17, 15) is 9.59 Å². The number of aromatic nitrogens is 2. The van der Waals surface area contributed by atoms with Gasteiger partial charge in [-0.1, -0.05) is 20.3 Å². The average Bonchev–Trinajstić information content (AvgIpc) is 3.37. The molecular formula is C36H49N7O2. The van der Waals surface area contributed by atoms with Crippen LogP contribution < -0.4 is 10.2 Å². The molecule has 2 aromatic carbocycles. The Morgan fingerprint density at radius 1 is 0.933 bits per heavy atom. The highest BCUT2D eigenvalue weighted by Crippen LogP contribution is 2.41. The largest absolute Gasteiger partial charge is 0.371 e. The molecule has 0 aliphatic carbocycles. The molecule has 0 bridgehead atoms. The molecular weight excluding hydrogens is 562 g/mol. The van der Waals surface area contributed by atoms with E-state index in [0.29, 0.717) is 11.6 Å². The van der Waals surface area contributed by atoms with Crippen LogP contribution in [0.2, 0.25) is 0 Å². The number of amides is 2. The Bertz CT molecular complexity index is 1560. The van der Waals surface area contributed by atoms with E-state index < -0.39 is 6.04 Å². The van der Waals surface area contributed by atoms with Gasteiger partial charge in [0.1, 0.15) is 11.9 Å². The van der Waals surface area contributed by atoms with E-state index in [1.54, 1.807) is 0 Å². The minimum atomic E-state index is -0.412. The summed E-state index contributed by atoms with van der Waals surface area (Å²) in [7, 11) is 4.07. The highest BCUT2D eigenvalue weighted by atomic mass is 16.2. The second kappa shape index (κ2) is 12.4. The van der Waals surface area contributed by atoms with Crippen molar-refractivity contribution in [1.29, 1.82) is 0 Å². The van der Waals surface area contributed by atoms with Gasteiger partial charge < -0.3 is 29.5 Å². The van der Waals surface area contributed by atoms with Crippen LogP contribution in [0.3, 0.4) is 0 Å². The van der Waals surface area contributed by atoms with Gasteiger partial charge in [-0.05, 0) is 114 Å². The predicted molar refractivity (Wildman–Crippen MR) is 181 cm³/mol. The van der Waals surface area contributed by atoms with E-state index in [2.05, 4.69) is 63.7 Å². The summed E-state index contributed by atoms with van der Waals surface area (Å²) >= 11 is 0. The number of fused-ring (bicyclic) bond motifs is 5. The number of nitrogens with one attached hydrogen (secondary N) is 1. The van der Waals surface area contributed by atoms with Gasteiger partial charge in [0, 0.05) is 49.0 Å². The van der Waals surface area contributed by atoms with Gasteiger partial charge in [0.2, 0.25) is 5.91 Å². The topological polar surface area (TPSA) is 76.9 Å². The number of hydrogen-bond donors (Lipinski definition) is 1. The first-order chi connectivity index (χ1) is 21.8. The number of hydrogen-bond acceptors (Lipinski definition) is 6. The van der Waals surface area contributed by atoms with Crippen molar-refractivity contribution in [2.24, 2.45) is 5.92 Å². The maximum Gasteiger partial charge on any atom is 0.253 e. The van der Waals surface area contributed by atoms with Crippen LogP contribution in [-0.2, 0) is 4.79 Å². The molecule has 3 saturated heterocycles. The van der Waals surface area contributed by atoms with Crippen LogP contribution in [0.25, 0.3) is 22.4 Å². The predicted octanol–water partition coefficient (Wildman–Crippen LogP) is 5.47. The van der Waals surface area contributed by atoms with Crippen LogP contribution in [0.1, 0.15) is 75.2 Å². The lowest BCUT2D eigenvalue weighted by Crippen LogP contribution is -2.46. The molecule has 1 unspecified atom stereocenters. The minimum absolute atomic E-state index is 0.0263. The van der Waals surface area contributed by atoms with Gasteiger partial charge in [0.25, 0.3) is 5.91 Å². The summed E-state index contributed by atoms with van der Waals surface area (Å²) < 4.78 is 2.11. The Morgan fingerprint density at radius 3 is 2.38 bits per heavy atom. The van der Waals surface area contributed by atoms with Crippen molar-refractivity contribution >= 4 is 34.2 Å². The van der Waals surface area contributed by atoms with Crippen LogP contribution in [0.4, 0.5) is 11.4 Å². The molecule has 1 N–H and O–H groups in total. The maximum absolute atomic E-state index is 13.7. The molecule has 1 aromatic heterocycles. The van der Waals surface area contributed by atoms with E-state index in [1.807, 2.05) is 30.1 Å². The fourth-order valence-corrected chi connectivity index (χ4v) is 8.18. The molecule has 240 valence electrons. The van der Waals surface area contributed by atoms with Crippen molar-refractivity contribution in [3.05, 3.63) is 42.0 Å². The fourth-order valence-electron chi connectivity index (χ4n) is 8.18. The molecule has 2 amide bonds. The molecule has 1 atom stereocenters. The number of piperidine rings is 3. The zero-order valence-corrected chi connectivity index (χ0v) is 27.5. The van der Waals surface area contributed by atoms with Crippen molar-refractivity contribution in [2.75, 3.05) is 63.6 Å². The number of carbonyl (C=O) groups excluding carboxylic acids is 2. The van der Waals surface area contributed by atoms with Crippen LogP contribution >= 0.6 is 0 Å². The van der Waals surface area contributed by atoms with E-state index in [1.165, 1.54) is 50.9 Å². The fraction of sp³-hybridized carbons (Fsp3) is 0.583. The molecule has 0 radical (unpaired) electrons. The smallest absolute Gasteiger partial charge is 0.253 e. The minimum Gasteiger partial charge on any atom is -0.371 e. The second-order valence-corrected chi connectivity index (χ2v) is 14.2. The van der Waals surface area contributed by atoms with Crippen LogP contribution in [0.5, 0.6) is 0 Å². The Morgan fingerprint density at radius 2 is 1.67 bits per heavy atom. The van der Waals surface area contributed by atoms with Gasteiger partial charge in [-0.25, -0.2) is 4.98 Å². The maximum atomic E-state index is 13.7. The lowest BCUT2D eigenvalue weighted by molar-refractivity contribution is -0.120. The lowest BCUT2D eigenvalue weighted by Gasteiger charge is -2.41. The second-order valence-electron chi connectivity index (χ2n) is 14.2. The molecule has 3 fully saturated rings. The SMILES string of the molecule is CC(C)C1C(=O)Nc2ccc(N3CCC(N4CCCCC4)CC3)cc2-c2nc3cc(C(=O)N(C)C4CCN(C)CC4)ccc3n21. The molecule has 4 aliphatic rings. The number of likely N-dealkylation sites (tertiary alicyclic amines) is 2. The van der Waals surface area contributed by atoms with Crippen LogP contribution in [-0.4, -0.2) is 102 Å². The number of rotatable bonds is 5. The monoisotopic (exact) mass is 611 g/mol. The molecule has 7 rings (SSSR count). The first-order valence-corrected chi connectivity index (χ1v) is 17.2. The Hall–Kier alpha value is -3.43. The summed E-state index contributed by atoms with van der Waals surface area (Å²) in [4.78, 5) is 42.0. The highest BCUT2D eigenvalue weighted by Gasteiger charge is 2.34. The molecule has 9 nitrogen and oxygen atoms in total. The highest BCUT2D eigenvalue weighted by molar-refractivity contribution is 6.03. The van der Waals surface area contributed by atoms with Gasteiger partial charge in [0.05, 0.1) is 16.7 Å². The van der Waals surface area contributed by atoms with E-state index in [4.69, 9.17) is 4.98 Å². The standard InChI is InChI=1S/C36H49N7O2/c1-24(2)33-35(44)38-30-10-9-28(42-20-14-27(15-21-42)41-16-6-5-7-17-41)23-29(30)34-37-31-22-25(8-11-32(31)43(33)34)36(45)40(4)26-12-18-39(3)19-13-26/h8-11,22-24,26-27,33H,5-7,12-21H2,1-4H3,(H,38,44). The van der Waals surface area contributed by atoms with Gasteiger partial charge >= 0.3 is 0 Å². The summed E-state index contributed by atoms with van der Waals surface area (Å²) in [5.74, 6) is 0.848. The van der Waals surface area contributed by atoms with Crippen LogP contribution in [0.15, 0.2) is 36.4 Å². The van der Waals surface area contributed by atoms with E-state index in [-0.39, 0.29) is 23.8 Å². The third-order valence-corrected chi connectivity index (χ3v) is 10.9. The summed E-state index contributed by atoms with van der Waals surface area (Å²) in [5.41, 5.74) is 5.20. The van der Waals surface area contributed by atoms with Crippen molar-refractivity contribution in [1.82, 2.24) is 24.3 Å². The summed E-state index contributed by atoms with van der Waals surface area (Å²) in [6.45, 7) is 10.7. The molecule has 9 heteroatoms. The normalized spacial score (nSPS) is 22.3. The first-order valence-electron chi connectivity index (χ1n) is 17.2. The van der Waals surface area contributed by atoms with Gasteiger partial charge in [-0.2, -0.15) is 0 Å². The lowest BCUT2D eigenvalue weighted by atomic mass is 9.99. The average molecular weight is 612 g/mol.